The molecule has 0 amide bonds. The predicted molar refractivity (Wildman–Crippen MR) is 13.6 cm³/mol. The molecule has 2 unspecified atom stereocenters. The largest absolute Gasteiger partial charge is 0.234 e. The van der Waals surface area contributed by atoms with Gasteiger partial charge in [0.05, 0.1) is 0 Å². The summed E-state index contributed by atoms with van der Waals surface area (Å²) in [6.07, 6.45) is 0.833. The van der Waals surface area contributed by atoms with Gasteiger partial charge in [-0.05, 0) is 0 Å². The first kappa shape index (κ1) is 1.38. The minimum atomic E-state index is 0.833. The first-order valence-electron chi connectivity index (χ1n) is 1.49. The van der Waals surface area contributed by atoms with Crippen molar-refractivity contribution in [1.82, 2.24) is 10.4 Å². The number of hydrazine groups is 1. The minimum absolute atomic E-state index is 0.833. The summed E-state index contributed by atoms with van der Waals surface area (Å²) in [5.41, 5.74) is 3.03. The number of nitrogens with one attached hydrogen (secondary N) is 1. The normalized spacial score (nSPS) is 66.0. The Morgan fingerprint density at radius 2 is 2.25 bits per heavy atom. The van der Waals surface area contributed by atoms with Gasteiger partial charge >= 0.3 is 0 Å². The highest BCUT2D eigenvalue weighted by atomic mass is 15.9. The molecule has 2 heteroatoms. The van der Waals surface area contributed by atoms with Crippen molar-refractivity contribution >= 4 is 0 Å². The van der Waals surface area contributed by atoms with Gasteiger partial charge in [-0.1, -0.05) is 0 Å². The SMILES string of the molecule is C1C2NN12. The van der Waals surface area contributed by atoms with Crippen LogP contribution in [0.25, 0.3) is 0 Å². The predicted octanol–water partition coefficient (Wildman–Crippen LogP) is -0.854. The molecule has 0 aromatic heterocycles. The quantitative estimate of drug-likeness (QED) is 0.365. The minimum Gasteiger partial charge on any atom is -0.234 e. The van der Waals surface area contributed by atoms with Gasteiger partial charge in [-0.15, -0.1) is 0 Å². The Labute approximate surface area is 24.4 Å². The van der Waals surface area contributed by atoms with Crippen LogP contribution in [0.15, 0.2) is 0 Å². The Balaban J connectivity index is 2.48. The molecule has 0 radical (unpaired) electrons. The molecule has 4 heavy (non-hydrogen) atoms. The van der Waals surface area contributed by atoms with Crippen molar-refractivity contribution in [2.75, 3.05) is 6.54 Å². The van der Waals surface area contributed by atoms with Gasteiger partial charge in [0, 0.05) is 6.54 Å². The molecule has 0 spiro atoms. The second-order valence-corrected chi connectivity index (χ2v) is 1.30. The summed E-state index contributed by atoms with van der Waals surface area (Å²) in [5, 5.41) is 2.17. The first-order chi connectivity index (χ1) is 1.97. The third-order valence-electron chi connectivity index (χ3n) is 0.859. The smallest absolute Gasteiger partial charge is 0.101 e. The molecule has 1 N–H and O–H groups in total. The zero-order chi connectivity index (χ0) is 2.57. The second kappa shape index (κ2) is 0.172. The third kappa shape index (κ3) is 0.0259. The van der Waals surface area contributed by atoms with E-state index in [1.54, 1.807) is 0 Å². The lowest BCUT2D eigenvalue weighted by atomic mass is 10.8. The summed E-state index contributed by atoms with van der Waals surface area (Å²) < 4.78 is 0. The zero-order valence-electron chi connectivity index (χ0n) is 2.23. The number of nitrogens with zero attached hydrogens (tertiary/aromatic N) is 1. The van der Waals surface area contributed by atoms with E-state index in [9.17, 15) is 0 Å². The summed E-state index contributed by atoms with van der Waals surface area (Å²) >= 11 is 0. The highest BCUT2D eigenvalue weighted by Gasteiger charge is 2.50. The molecule has 2 nitrogen and oxygen atoms in total. The highest BCUT2D eigenvalue weighted by molar-refractivity contribution is 4.96. The van der Waals surface area contributed by atoms with Gasteiger partial charge in [0.2, 0.25) is 0 Å². The molecule has 2 atom stereocenters. The molecular weight excluding hydrogens is 52.0 g/mol. The van der Waals surface area contributed by atoms with Crippen LogP contribution in [-0.4, -0.2) is 17.7 Å². The van der Waals surface area contributed by atoms with Crippen molar-refractivity contribution < 1.29 is 0 Å². The van der Waals surface area contributed by atoms with E-state index in [0.717, 1.165) is 6.17 Å². The number of hydrogen-bond donors (Lipinski definition) is 1. The lowest BCUT2D eigenvalue weighted by Crippen LogP contribution is -1.97. The lowest BCUT2D eigenvalue weighted by Gasteiger charge is -1.67. The van der Waals surface area contributed by atoms with Gasteiger partial charge in [-0.25, -0.2) is 10.4 Å². The first-order valence-corrected chi connectivity index (χ1v) is 1.49. The van der Waals surface area contributed by atoms with Crippen LogP contribution in [0.1, 0.15) is 0 Å². The molecule has 2 aliphatic heterocycles. The van der Waals surface area contributed by atoms with Crippen LogP contribution in [0.3, 0.4) is 0 Å². The van der Waals surface area contributed by atoms with Crippen molar-refractivity contribution in [3.05, 3.63) is 0 Å². The monoisotopic (exact) mass is 56.0 g/mol. The van der Waals surface area contributed by atoms with Crippen molar-refractivity contribution in [2.24, 2.45) is 0 Å². The summed E-state index contributed by atoms with van der Waals surface area (Å²) in [6, 6.07) is 0. The van der Waals surface area contributed by atoms with E-state index in [1.165, 1.54) is 6.54 Å². The van der Waals surface area contributed by atoms with Gasteiger partial charge < -0.3 is 0 Å². The van der Waals surface area contributed by atoms with Crippen LogP contribution in [0.5, 0.6) is 0 Å². The van der Waals surface area contributed by atoms with E-state index >= 15 is 0 Å². The van der Waals surface area contributed by atoms with Gasteiger partial charge in [-0.3, -0.25) is 0 Å². The molecule has 2 aliphatic rings. The van der Waals surface area contributed by atoms with Crippen LogP contribution in [0.2, 0.25) is 0 Å². The molecule has 2 heterocycles. The average molecular weight is 56.1 g/mol. The van der Waals surface area contributed by atoms with E-state index in [-0.39, 0.29) is 0 Å². The highest BCUT2D eigenvalue weighted by Crippen LogP contribution is 2.24. The Morgan fingerprint density at radius 3 is 2.25 bits per heavy atom. The van der Waals surface area contributed by atoms with Crippen molar-refractivity contribution in [2.45, 2.75) is 6.17 Å². The van der Waals surface area contributed by atoms with Crippen molar-refractivity contribution in [1.29, 1.82) is 0 Å². The molecule has 0 bridgehead atoms. The molecule has 22 valence electrons. The molecule has 0 aliphatic carbocycles. The molecule has 0 aromatic rings. The van der Waals surface area contributed by atoms with E-state index in [0.29, 0.717) is 0 Å². The van der Waals surface area contributed by atoms with Crippen molar-refractivity contribution in [3.8, 4) is 0 Å². The van der Waals surface area contributed by atoms with Gasteiger partial charge in [-0.2, -0.15) is 0 Å². The molecule has 2 rings (SSSR count). The molecule has 0 saturated carbocycles. The number of fused-ring (bicyclic) bond motifs is 1. The van der Waals surface area contributed by atoms with E-state index in [4.69, 9.17) is 0 Å². The fraction of sp³-hybridized carbons (Fsp3) is 1.00. The second-order valence-electron chi connectivity index (χ2n) is 1.30. The molecule has 2 saturated heterocycles. The molecular formula is C2H4N2. The summed E-state index contributed by atoms with van der Waals surface area (Å²) in [7, 11) is 0. The number of rotatable bonds is 0. The van der Waals surface area contributed by atoms with Crippen LogP contribution in [-0.2, 0) is 0 Å². The summed E-state index contributed by atoms with van der Waals surface area (Å²) in [5.74, 6) is 0. The Hall–Kier alpha value is -0.0800. The van der Waals surface area contributed by atoms with Gasteiger partial charge in [0.15, 0.2) is 0 Å². The summed E-state index contributed by atoms with van der Waals surface area (Å²) in [4.78, 5) is 0. The van der Waals surface area contributed by atoms with Crippen LogP contribution >= 0.6 is 0 Å². The maximum Gasteiger partial charge on any atom is 0.101 e. The topological polar surface area (TPSA) is 25.0 Å². The maximum absolute atomic E-state index is 3.03. The van der Waals surface area contributed by atoms with Crippen LogP contribution < -0.4 is 5.43 Å². The summed E-state index contributed by atoms with van der Waals surface area (Å²) in [6.45, 7) is 1.31. The van der Waals surface area contributed by atoms with Gasteiger partial charge in [0.25, 0.3) is 0 Å². The Bertz CT molecular complexity index is 40.0. The zero-order valence-corrected chi connectivity index (χ0v) is 2.23. The fourth-order valence-corrected chi connectivity index (χ4v) is 0.278. The average Bonchev–Trinajstić information content (AvgIpc) is 1.36. The fourth-order valence-electron chi connectivity index (χ4n) is 0.278. The standard InChI is InChI=1S/C2H4N2/c1-2-3-4(1)2/h2-3H,1H2. The molecule has 0 aromatic carbocycles. The van der Waals surface area contributed by atoms with E-state index in [2.05, 4.69) is 10.4 Å². The van der Waals surface area contributed by atoms with Gasteiger partial charge in [0.1, 0.15) is 6.17 Å². The molecule has 2 fully saturated rings. The van der Waals surface area contributed by atoms with Crippen molar-refractivity contribution in [3.63, 3.8) is 0 Å². The number of hydrogen-bond acceptors (Lipinski definition) is 2. The van der Waals surface area contributed by atoms with Crippen LogP contribution in [0.4, 0.5) is 0 Å². The Morgan fingerprint density at radius 1 is 2.00 bits per heavy atom. The Kier molecular flexibility index (Phi) is 0.0592. The van der Waals surface area contributed by atoms with E-state index < -0.39 is 0 Å². The van der Waals surface area contributed by atoms with Crippen LogP contribution in [0, 0.1) is 0 Å². The van der Waals surface area contributed by atoms with E-state index in [1.807, 2.05) is 0 Å². The lowest BCUT2D eigenvalue weighted by molar-refractivity contribution is 0.671. The third-order valence-corrected chi connectivity index (χ3v) is 0.859. The maximum atomic E-state index is 3.03.